The van der Waals surface area contributed by atoms with Gasteiger partial charge in [0.25, 0.3) is 5.91 Å². The molecular formula is C34H40ClN3O2. The number of hydrogen-bond donors (Lipinski definition) is 2. The number of halogens is 1. The number of likely N-dealkylation sites (tertiary alicyclic amines) is 1. The van der Waals surface area contributed by atoms with Gasteiger partial charge >= 0.3 is 0 Å². The highest BCUT2D eigenvalue weighted by Gasteiger charge is 2.40. The predicted molar refractivity (Wildman–Crippen MR) is 164 cm³/mol. The zero-order chi connectivity index (χ0) is 28.3. The summed E-state index contributed by atoms with van der Waals surface area (Å²) in [5.74, 6) is -0.517. The molecule has 3 aromatic rings. The third-order valence-corrected chi connectivity index (χ3v) is 8.55. The van der Waals surface area contributed by atoms with Crippen molar-refractivity contribution in [3.63, 3.8) is 0 Å². The highest BCUT2D eigenvalue weighted by molar-refractivity contribution is 6.30. The van der Waals surface area contributed by atoms with Crippen LogP contribution in [0.5, 0.6) is 0 Å². The number of benzene rings is 3. The van der Waals surface area contributed by atoms with Crippen LogP contribution in [-0.2, 0) is 10.2 Å². The molecule has 1 heterocycles. The van der Waals surface area contributed by atoms with E-state index in [9.17, 15) is 9.59 Å². The second kappa shape index (κ2) is 12.1. The van der Waals surface area contributed by atoms with Crippen molar-refractivity contribution in [1.29, 1.82) is 0 Å². The number of amides is 2. The van der Waals surface area contributed by atoms with E-state index < -0.39 is 0 Å². The van der Waals surface area contributed by atoms with Crippen LogP contribution in [0.25, 0.3) is 0 Å². The van der Waals surface area contributed by atoms with Crippen LogP contribution in [0, 0.1) is 5.92 Å². The summed E-state index contributed by atoms with van der Waals surface area (Å²) in [7, 11) is 0. The number of carbonyl (C=O) groups is 2. The molecule has 0 spiro atoms. The van der Waals surface area contributed by atoms with Crippen molar-refractivity contribution >= 4 is 34.8 Å². The zero-order valence-electron chi connectivity index (χ0n) is 23.8. The number of hydrogen-bond acceptors (Lipinski definition) is 3. The van der Waals surface area contributed by atoms with Gasteiger partial charge in [0.15, 0.2) is 0 Å². The largest absolute Gasteiger partial charge is 0.382 e. The standard InChI is InChI=1S/C34H40ClN3O2/c1-34(2,3)25-8-6-11-29(22-25)37-32(39)30-12-7-21-38(33(40)24-13-17-26(35)18-14-24)31(30)23-15-19-28(20-16-23)36-27-9-4-5-10-27/h6,8,11,13-20,22,27,30-31,36H,4-5,7,9-10,12,21H2,1-3H3,(H,37,39)/t30-,31-/m0/s1. The van der Waals surface area contributed by atoms with Crippen LogP contribution >= 0.6 is 11.6 Å². The van der Waals surface area contributed by atoms with Crippen LogP contribution in [0.1, 0.15) is 86.8 Å². The van der Waals surface area contributed by atoms with Crippen molar-refractivity contribution in [3.8, 4) is 0 Å². The van der Waals surface area contributed by atoms with Crippen molar-refractivity contribution in [2.24, 2.45) is 5.92 Å². The third-order valence-electron chi connectivity index (χ3n) is 8.29. The first-order valence-corrected chi connectivity index (χ1v) is 14.9. The summed E-state index contributed by atoms with van der Waals surface area (Å²) in [5.41, 5.74) is 4.56. The fourth-order valence-corrected chi connectivity index (χ4v) is 6.18. The number of anilines is 2. The van der Waals surface area contributed by atoms with Gasteiger partial charge in [0.05, 0.1) is 12.0 Å². The van der Waals surface area contributed by atoms with Crippen LogP contribution in [0.3, 0.4) is 0 Å². The minimum Gasteiger partial charge on any atom is -0.382 e. The summed E-state index contributed by atoms with van der Waals surface area (Å²) in [6, 6.07) is 23.6. The number of carbonyl (C=O) groups excluding carboxylic acids is 2. The smallest absolute Gasteiger partial charge is 0.254 e. The van der Waals surface area contributed by atoms with Gasteiger partial charge in [-0.3, -0.25) is 9.59 Å². The Labute approximate surface area is 243 Å². The molecule has 0 radical (unpaired) electrons. The first kappa shape index (κ1) is 28.2. The molecule has 1 saturated carbocycles. The maximum Gasteiger partial charge on any atom is 0.254 e. The maximum atomic E-state index is 13.9. The van der Waals surface area contributed by atoms with Crippen molar-refractivity contribution in [1.82, 2.24) is 4.90 Å². The van der Waals surface area contributed by atoms with Crippen LogP contribution < -0.4 is 10.6 Å². The molecule has 1 aliphatic heterocycles. The monoisotopic (exact) mass is 557 g/mol. The van der Waals surface area contributed by atoms with Gasteiger partial charge < -0.3 is 15.5 Å². The Morgan fingerprint density at radius 1 is 0.850 bits per heavy atom. The molecule has 5 rings (SSSR count). The Morgan fingerprint density at radius 2 is 1.55 bits per heavy atom. The Hall–Kier alpha value is -3.31. The van der Waals surface area contributed by atoms with Crippen LogP contribution in [0.15, 0.2) is 72.8 Å². The molecule has 6 heteroatoms. The summed E-state index contributed by atoms with van der Waals surface area (Å²) in [6.45, 7) is 7.08. The lowest BCUT2D eigenvalue weighted by Crippen LogP contribution is -2.46. The van der Waals surface area contributed by atoms with E-state index in [2.05, 4.69) is 67.8 Å². The molecule has 1 saturated heterocycles. The van der Waals surface area contributed by atoms with Crippen LogP contribution in [-0.4, -0.2) is 29.3 Å². The van der Waals surface area contributed by atoms with Crippen LogP contribution in [0.4, 0.5) is 11.4 Å². The Balaban J connectivity index is 1.44. The molecular weight excluding hydrogens is 518 g/mol. The van der Waals surface area contributed by atoms with E-state index in [0.717, 1.165) is 28.9 Å². The average molecular weight is 558 g/mol. The first-order chi connectivity index (χ1) is 19.2. The molecule has 2 aliphatic rings. The van der Waals surface area contributed by atoms with E-state index in [1.165, 1.54) is 25.7 Å². The first-order valence-electron chi connectivity index (χ1n) is 14.5. The second-order valence-electron chi connectivity index (χ2n) is 12.3. The molecule has 2 fully saturated rings. The fraction of sp³-hybridized carbons (Fsp3) is 0.412. The molecule has 2 atom stereocenters. The molecule has 0 unspecified atom stereocenters. The number of rotatable bonds is 6. The van der Waals surface area contributed by atoms with Gasteiger partial charge in [0, 0.05) is 34.5 Å². The molecule has 5 nitrogen and oxygen atoms in total. The lowest BCUT2D eigenvalue weighted by atomic mass is 9.83. The SMILES string of the molecule is CC(C)(C)c1cccc(NC(=O)[C@H]2CCCN(C(=O)c3ccc(Cl)cc3)[C@H]2c2ccc(NC3CCCC3)cc2)c1. The lowest BCUT2D eigenvalue weighted by molar-refractivity contribution is -0.123. The molecule has 2 amide bonds. The van der Waals surface area contributed by atoms with E-state index >= 15 is 0 Å². The molecule has 0 aromatic heterocycles. The van der Waals surface area contributed by atoms with E-state index in [0.29, 0.717) is 29.6 Å². The summed E-state index contributed by atoms with van der Waals surface area (Å²) < 4.78 is 0. The molecule has 210 valence electrons. The van der Waals surface area contributed by atoms with Crippen molar-refractivity contribution in [3.05, 3.63) is 94.5 Å². The molecule has 2 N–H and O–H groups in total. The molecule has 1 aliphatic carbocycles. The highest BCUT2D eigenvalue weighted by atomic mass is 35.5. The Bertz CT molecular complexity index is 1320. The van der Waals surface area contributed by atoms with Gasteiger partial charge in [-0.2, -0.15) is 0 Å². The third kappa shape index (κ3) is 6.52. The summed E-state index contributed by atoms with van der Waals surface area (Å²) >= 11 is 6.10. The van der Waals surface area contributed by atoms with E-state index in [1.54, 1.807) is 24.3 Å². The summed E-state index contributed by atoms with van der Waals surface area (Å²) in [4.78, 5) is 29.6. The molecule has 3 aromatic carbocycles. The summed E-state index contributed by atoms with van der Waals surface area (Å²) in [6.07, 6.45) is 6.42. The van der Waals surface area contributed by atoms with Gasteiger partial charge in [-0.05, 0) is 90.8 Å². The fourth-order valence-electron chi connectivity index (χ4n) is 6.05. The van der Waals surface area contributed by atoms with Crippen molar-refractivity contribution in [2.45, 2.75) is 76.8 Å². The van der Waals surface area contributed by atoms with Gasteiger partial charge in [-0.15, -0.1) is 0 Å². The maximum absolute atomic E-state index is 13.9. The Kier molecular flexibility index (Phi) is 8.51. The predicted octanol–water partition coefficient (Wildman–Crippen LogP) is 8.22. The quantitative estimate of drug-likeness (QED) is 0.321. The topological polar surface area (TPSA) is 61.4 Å². The number of nitrogens with zero attached hydrogens (tertiary/aromatic N) is 1. The van der Waals surface area contributed by atoms with Crippen LogP contribution in [0.2, 0.25) is 5.02 Å². The lowest BCUT2D eigenvalue weighted by Gasteiger charge is -2.41. The second-order valence-corrected chi connectivity index (χ2v) is 12.7. The van der Waals surface area contributed by atoms with Gasteiger partial charge in [0.2, 0.25) is 5.91 Å². The van der Waals surface area contributed by atoms with E-state index in [4.69, 9.17) is 11.6 Å². The normalized spacial score (nSPS) is 19.9. The van der Waals surface area contributed by atoms with Gasteiger partial charge in [-0.25, -0.2) is 0 Å². The summed E-state index contributed by atoms with van der Waals surface area (Å²) in [5, 5.41) is 7.42. The van der Waals surface area contributed by atoms with Gasteiger partial charge in [0.1, 0.15) is 0 Å². The highest BCUT2D eigenvalue weighted by Crippen LogP contribution is 2.39. The molecule has 0 bridgehead atoms. The van der Waals surface area contributed by atoms with E-state index in [1.807, 2.05) is 17.0 Å². The number of piperidine rings is 1. The Morgan fingerprint density at radius 3 is 2.23 bits per heavy atom. The zero-order valence-corrected chi connectivity index (χ0v) is 24.5. The van der Waals surface area contributed by atoms with Gasteiger partial charge in [-0.1, -0.05) is 69.5 Å². The van der Waals surface area contributed by atoms with E-state index in [-0.39, 0.29) is 29.2 Å². The minimum absolute atomic E-state index is 0.0236. The van der Waals surface area contributed by atoms with Crippen molar-refractivity contribution < 1.29 is 9.59 Å². The minimum atomic E-state index is -0.378. The van der Waals surface area contributed by atoms with Crippen molar-refractivity contribution in [2.75, 3.05) is 17.2 Å². The average Bonchev–Trinajstić information content (AvgIpc) is 3.46. The number of nitrogens with one attached hydrogen (secondary N) is 2. The molecule has 40 heavy (non-hydrogen) atoms.